The molecule has 2 unspecified atom stereocenters. The number of rotatable bonds is 2. The predicted octanol–water partition coefficient (Wildman–Crippen LogP) is 0.962. The van der Waals surface area contributed by atoms with Crippen LogP contribution in [0.2, 0.25) is 0 Å². The molecular formula is C13H19N3O. The standard InChI is InChI=1S/C13H19N3O/c1-10-8-12(14)4-7-16(10)13(17)9-11-2-5-15-6-3-11/h2-3,5-6,10,12H,4,7-9,14H2,1H3. The van der Waals surface area contributed by atoms with Gasteiger partial charge in [0.05, 0.1) is 6.42 Å². The van der Waals surface area contributed by atoms with Crippen LogP contribution in [0.3, 0.4) is 0 Å². The first-order valence-electron chi connectivity index (χ1n) is 6.11. The summed E-state index contributed by atoms with van der Waals surface area (Å²) in [7, 11) is 0. The number of amides is 1. The molecule has 92 valence electrons. The minimum atomic E-state index is 0.190. The maximum atomic E-state index is 12.1. The van der Waals surface area contributed by atoms with Crippen LogP contribution in [-0.2, 0) is 11.2 Å². The topological polar surface area (TPSA) is 59.2 Å². The summed E-state index contributed by atoms with van der Waals surface area (Å²) in [5, 5.41) is 0. The zero-order valence-electron chi connectivity index (χ0n) is 10.2. The lowest BCUT2D eigenvalue weighted by Gasteiger charge is -2.36. The second-order valence-electron chi connectivity index (χ2n) is 4.75. The van der Waals surface area contributed by atoms with Crippen molar-refractivity contribution < 1.29 is 4.79 Å². The molecule has 4 heteroatoms. The van der Waals surface area contributed by atoms with Gasteiger partial charge < -0.3 is 10.6 Å². The first kappa shape index (κ1) is 12.0. The molecule has 1 saturated heterocycles. The quantitative estimate of drug-likeness (QED) is 0.827. The van der Waals surface area contributed by atoms with Gasteiger partial charge in [0.1, 0.15) is 0 Å². The molecule has 0 spiro atoms. The molecule has 0 aromatic carbocycles. The van der Waals surface area contributed by atoms with Gasteiger partial charge in [0.2, 0.25) is 5.91 Å². The largest absolute Gasteiger partial charge is 0.340 e. The van der Waals surface area contributed by atoms with Gasteiger partial charge in [0, 0.05) is 31.0 Å². The third-order valence-corrected chi connectivity index (χ3v) is 3.34. The molecule has 1 fully saturated rings. The highest BCUT2D eigenvalue weighted by atomic mass is 16.2. The van der Waals surface area contributed by atoms with Gasteiger partial charge >= 0.3 is 0 Å². The van der Waals surface area contributed by atoms with E-state index in [4.69, 9.17) is 5.73 Å². The number of hydrogen-bond donors (Lipinski definition) is 1. The Morgan fingerprint density at radius 3 is 2.88 bits per heavy atom. The SMILES string of the molecule is CC1CC(N)CCN1C(=O)Cc1ccncc1. The monoisotopic (exact) mass is 233 g/mol. The van der Waals surface area contributed by atoms with Gasteiger partial charge in [-0.1, -0.05) is 0 Å². The van der Waals surface area contributed by atoms with Gasteiger partial charge in [-0.2, -0.15) is 0 Å². The van der Waals surface area contributed by atoms with Crippen molar-refractivity contribution in [1.82, 2.24) is 9.88 Å². The van der Waals surface area contributed by atoms with Crippen molar-refractivity contribution in [2.75, 3.05) is 6.54 Å². The molecule has 1 aliphatic heterocycles. The molecule has 1 aliphatic rings. The Bertz CT molecular complexity index is 380. The lowest BCUT2D eigenvalue weighted by atomic mass is 9.98. The molecule has 1 aromatic rings. The number of likely N-dealkylation sites (tertiary alicyclic amines) is 1. The molecule has 0 aliphatic carbocycles. The molecular weight excluding hydrogens is 214 g/mol. The molecule has 2 N–H and O–H groups in total. The van der Waals surface area contributed by atoms with E-state index >= 15 is 0 Å². The van der Waals surface area contributed by atoms with Crippen molar-refractivity contribution in [3.63, 3.8) is 0 Å². The lowest BCUT2D eigenvalue weighted by molar-refractivity contribution is -0.133. The number of nitrogens with zero attached hydrogens (tertiary/aromatic N) is 2. The highest BCUT2D eigenvalue weighted by Crippen LogP contribution is 2.17. The molecule has 2 heterocycles. The predicted molar refractivity (Wildman–Crippen MR) is 66.3 cm³/mol. The van der Waals surface area contributed by atoms with Crippen LogP contribution in [0.25, 0.3) is 0 Å². The molecule has 0 radical (unpaired) electrons. The fourth-order valence-electron chi connectivity index (χ4n) is 2.36. The Morgan fingerprint density at radius 2 is 2.24 bits per heavy atom. The normalized spacial score (nSPS) is 24.7. The highest BCUT2D eigenvalue weighted by Gasteiger charge is 2.26. The Hall–Kier alpha value is -1.42. The average Bonchev–Trinajstić information content (AvgIpc) is 2.30. The zero-order valence-corrected chi connectivity index (χ0v) is 10.2. The van der Waals surface area contributed by atoms with E-state index in [2.05, 4.69) is 11.9 Å². The summed E-state index contributed by atoms with van der Waals surface area (Å²) < 4.78 is 0. The van der Waals surface area contributed by atoms with E-state index in [9.17, 15) is 4.79 Å². The number of pyridine rings is 1. The summed E-state index contributed by atoms with van der Waals surface area (Å²) >= 11 is 0. The Balaban J connectivity index is 1.96. The van der Waals surface area contributed by atoms with Crippen molar-refractivity contribution in [2.24, 2.45) is 5.73 Å². The molecule has 0 bridgehead atoms. The van der Waals surface area contributed by atoms with Crippen LogP contribution >= 0.6 is 0 Å². The minimum absolute atomic E-state index is 0.190. The lowest BCUT2D eigenvalue weighted by Crippen LogP contribution is -2.48. The smallest absolute Gasteiger partial charge is 0.227 e. The third-order valence-electron chi connectivity index (χ3n) is 3.34. The summed E-state index contributed by atoms with van der Waals surface area (Å²) in [5.74, 6) is 0.190. The second-order valence-corrected chi connectivity index (χ2v) is 4.75. The number of carbonyl (C=O) groups excluding carboxylic acids is 1. The Kier molecular flexibility index (Phi) is 3.74. The van der Waals surface area contributed by atoms with Gasteiger partial charge in [-0.3, -0.25) is 9.78 Å². The van der Waals surface area contributed by atoms with E-state index in [1.807, 2.05) is 17.0 Å². The first-order chi connectivity index (χ1) is 8.16. The highest BCUT2D eigenvalue weighted by molar-refractivity contribution is 5.79. The summed E-state index contributed by atoms with van der Waals surface area (Å²) in [4.78, 5) is 18.0. The maximum Gasteiger partial charge on any atom is 0.227 e. The van der Waals surface area contributed by atoms with Crippen LogP contribution < -0.4 is 5.73 Å². The van der Waals surface area contributed by atoms with Crippen LogP contribution in [0.5, 0.6) is 0 Å². The van der Waals surface area contributed by atoms with Gasteiger partial charge in [-0.25, -0.2) is 0 Å². The van der Waals surface area contributed by atoms with Crippen molar-refractivity contribution in [3.05, 3.63) is 30.1 Å². The van der Waals surface area contributed by atoms with E-state index < -0.39 is 0 Å². The fourth-order valence-corrected chi connectivity index (χ4v) is 2.36. The van der Waals surface area contributed by atoms with Gasteiger partial charge in [0.15, 0.2) is 0 Å². The van der Waals surface area contributed by atoms with E-state index in [-0.39, 0.29) is 18.0 Å². The Morgan fingerprint density at radius 1 is 1.53 bits per heavy atom. The summed E-state index contributed by atoms with van der Waals surface area (Å²) in [6.45, 7) is 2.86. The van der Waals surface area contributed by atoms with Gasteiger partial charge in [-0.05, 0) is 37.5 Å². The van der Waals surface area contributed by atoms with Gasteiger partial charge in [-0.15, -0.1) is 0 Å². The molecule has 2 rings (SSSR count). The van der Waals surface area contributed by atoms with Crippen LogP contribution in [0.15, 0.2) is 24.5 Å². The summed E-state index contributed by atoms with van der Waals surface area (Å²) in [6, 6.07) is 4.28. The molecule has 17 heavy (non-hydrogen) atoms. The molecule has 2 atom stereocenters. The van der Waals surface area contributed by atoms with Crippen molar-refractivity contribution >= 4 is 5.91 Å². The second kappa shape index (κ2) is 5.27. The van der Waals surface area contributed by atoms with Crippen LogP contribution in [0, 0.1) is 0 Å². The summed E-state index contributed by atoms with van der Waals surface area (Å²) in [5.41, 5.74) is 6.91. The third kappa shape index (κ3) is 3.03. The summed E-state index contributed by atoms with van der Waals surface area (Å²) in [6.07, 6.45) is 5.72. The first-order valence-corrected chi connectivity index (χ1v) is 6.11. The van der Waals surface area contributed by atoms with Crippen molar-refractivity contribution in [3.8, 4) is 0 Å². The van der Waals surface area contributed by atoms with E-state index in [1.54, 1.807) is 12.4 Å². The molecule has 1 amide bonds. The molecule has 0 saturated carbocycles. The zero-order chi connectivity index (χ0) is 12.3. The van der Waals surface area contributed by atoms with Crippen LogP contribution in [0.4, 0.5) is 0 Å². The van der Waals surface area contributed by atoms with E-state index in [0.29, 0.717) is 6.42 Å². The van der Waals surface area contributed by atoms with E-state index in [0.717, 1.165) is 24.9 Å². The minimum Gasteiger partial charge on any atom is -0.340 e. The number of nitrogens with two attached hydrogens (primary N) is 1. The van der Waals surface area contributed by atoms with E-state index in [1.165, 1.54) is 0 Å². The number of aromatic nitrogens is 1. The van der Waals surface area contributed by atoms with Crippen LogP contribution in [0.1, 0.15) is 25.3 Å². The number of hydrogen-bond acceptors (Lipinski definition) is 3. The number of piperidine rings is 1. The molecule has 4 nitrogen and oxygen atoms in total. The number of carbonyl (C=O) groups is 1. The molecule has 1 aromatic heterocycles. The Labute approximate surface area is 102 Å². The maximum absolute atomic E-state index is 12.1. The van der Waals surface area contributed by atoms with Crippen molar-refractivity contribution in [2.45, 2.75) is 38.3 Å². The average molecular weight is 233 g/mol. The van der Waals surface area contributed by atoms with Gasteiger partial charge in [0.25, 0.3) is 0 Å². The van der Waals surface area contributed by atoms with Crippen molar-refractivity contribution in [1.29, 1.82) is 0 Å². The fraction of sp³-hybridized carbons (Fsp3) is 0.538. The van der Waals surface area contributed by atoms with Crippen LogP contribution in [-0.4, -0.2) is 34.4 Å².